The highest BCUT2D eigenvalue weighted by molar-refractivity contribution is 5.96. The molecule has 1 N–H and O–H groups in total. The third-order valence-corrected chi connectivity index (χ3v) is 4.18. The molecule has 0 aliphatic carbocycles. The van der Waals surface area contributed by atoms with Gasteiger partial charge in [-0.05, 0) is 37.1 Å². The number of amides is 1. The molecule has 6 heteroatoms. The number of anilines is 1. The number of esters is 1. The minimum atomic E-state index is -0.980. The Morgan fingerprint density at radius 3 is 2.77 bits per heavy atom. The van der Waals surface area contributed by atoms with Crippen LogP contribution in [0.25, 0.3) is 0 Å². The van der Waals surface area contributed by atoms with E-state index in [1.165, 1.54) is 6.92 Å². The van der Waals surface area contributed by atoms with Crippen LogP contribution >= 0.6 is 0 Å². The molecule has 1 heterocycles. The van der Waals surface area contributed by atoms with Crippen molar-refractivity contribution in [3.63, 3.8) is 0 Å². The van der Waals surface area contributed by atoms with Crippen molar-refractivity contribution in [2.24, 2.45) is 5.92 Å². The molecule has 6 nitrogen and oxygen atoms in total. The highest BCUT2D eigenvalue weighted by Crippen LogP contribution is 2.27. The molecule has 0 radical (unpaired) electrons. The molecule has 2 aromatic rings. The quantitative estimate of drug-likeness (QED) is 0.857. The van der Waals surface area contributed by atoms with E-state index in [9.17, 15) is 9.59 Å². The van der Waals surface area contributed by atoms with Crippen LogP contribution in [0, 0.1) is 17.2 Å². The van der Waals surface area contributed by atoms with Gasteiger partial charge in [0.15, 0.2) is 6.10 Å². The summed E-state index contributed by atoms with van der Waals surface area (Å²) in [6.45, 7) is 1.72. The van der Waals surface area contributed by atoms with Crippen molar-refractivity contribution in [1.29, 1.82) is 5.26 Å². The molecule has 0 saturated carbocycles. The Balaban J connectivity index is 1.59. The van der Waals surface area contributed by atoms with Gasteiger partial charge in [0.2, 0.25) is 0 Å². The van der Waals surface area contributed by atoms with Crippen molar-refractivity contribution >= 4 is 17.6 Å². The lowest BCUT2D eigenvalue weighted by Crippen LogP contribution is -2.36. The fraction of sp³-hybridized carbons (Fsp3) is 0.250. The summed E-state index contributed by atoms with van der Waals surface area (Å²) in [5.41, 5.74) is 1.68. The van der Waals surface area contributed by atoms with E-state index in [4.69, 9.17) is 14.7 Å². The first kappa shape index (κ1) is 17.5. The molecule has 0 spiro atoms. The second kappa shape index (κ2) is 7.70. The molecule has 0 aromatic heterocycles. The molecule has 0 saturated heterocycles. The number of rotatable bonds is 4. The van der Waals surface area contributed by atoms with Gasteiger partial charge in [-0.15, -0.1) is 0 Å². The molecule has 1 aliphatic heterocycles. The van der Waals surface area contributed by atoms with Gasteiger partial charge in [-0.25, -0.2) is 0 Å². The maximum atomic E-state index is 12.4. The Morgan fingerprint density at radius 1 is 1.23 bits per heavy atom. The van der Waals surface area contributed by atoms with Gasteiger partial charge < -0.3 is 14.8 Å². The average Bonchev–Trinajstić information content (AvgIpc) is 2.67. The highest BCUT2D eigenvalue weighted by atomic mass is 16.6. The van der Waals surface area contributed by atoms with Gasteiger partial charge in [-0.1, -0.05) is 30.3 Å². The van der Waals surface area contributed by atoms with E-state index in [0.29, 0.717) is 17.7 Å². The van der Waals surface area contributed by atoms with Crippen molar-refractivity contribution < 1.29 is 19.1 Å². The first-order valence-corrected chi connectivity index (χ1v) is 8.29. The van der Waals surface area contributed by atoms with Gasteiger partial charge in [-0.3, -0.25) is 9.59 Å². The number of para-hydroxylation sites is 2. The van der Waals surface area contributed by atoms with Gasteiger partial charge in [0, 0.05) is 0 Å². The molecular weight excluding hydrogens is 332 g/mol. The maximum absolute atomic E-state index is 12.4. The van der Waals surface area contributed by atoms with E-state index in [2.05, 4.69) is 5.32 Å². The first-order chi connectivity index (χ1) is 12.6. The van der Waals surface area contributed by atoms with Crippen molar-refractivity contribution in [2.75, 3.05) is 11.9 Å². The van der Waals surface area contributed by atoms with Crippen LogP contribution in [0.5, 0.6) is 5.75 Å². The second-order valence-electron chi connectivity index (χ2n) is 6.05. The summed E-state index contributed by atoms with van der Waals surface area (Å²) in [6.07, 6.45) is -0.466. The van der Waals surface area contributed by atoms with E-state index < -0.39 is 23.9 Å². The minimum Gasteiger partial charge on any atom is -0.492 e. The molecule has 2 atom stereocenters. The standard InChI is InChI=1S/C20H18N2O4/c1-13(19(23)22-17-8-4-2-7-15(17)11-21)26-20(24)16-10-14-6-3-5-9-18(14)25-12-16/h2-9,13,16H,10,12H2,1H3,(H,22,23)/t13-,16+/m1/s1. The van der Waals surface area contributed by atoms with E-state index in [1.54, 1.807) is 24.3 Å². The van der Waals surface area contributed by atoms with Crippen LogP contribution in [-0.2, 0) is 20.7 Å². The summed E-state index contributed by atoms with van der Waals surface area (Å²) in [4.78, 5) is 24.6. The Bertz CT molecular complexity index is 872. The molecule has 1 aliphatic rings. The van der Waals surface area contributed by atoms with E-state index in [0.717, 1.165) is 11.3 Å². The number of nitrogens with zero attached hydrogens (tertiary/aromatic N) is 1. The zero-order valence-corrected chi connectivity index (χ0v) is 14.3. The molecule has 0 unspecified atom stereocenters. The molecule has 0 fully saturated rings. The lowest BCUT2D eigenvalue weighted by molar-refractivity contribution is -0.158. The molecule has 26 heavy (non-hydrogen) atoms. The molecule has 3 rings (SSSR count). The highest BCUT2D eigenvalue weighted by Gasteiger charge is 2.29. The van der Waals surface area contributed by atoms with E-state index >= 15 is 0 Å². The average molecular weight is 350 g/mol. The summed E-state index contributed by atoms with van der Waals surface area (Å²) in [6, 6.07) is 16.2. The van der Waals surface area contributed by atoms with Crippen LogP contribution in [0.4, 0.5) is 5.69 Å². The second-order valence-corrected chi connectivity index (χ2v) is 6.05. The number of fused-ring (bicyclic) bond motifs is 1. The topological polar surface area (TPSA) is 88.4 Å². The number of carbonyl (C=O) groups excluding carboxylic acids is 2. The van der Waals surface area contributed by atoms with E-state index in [-0.39, 0.29) is 6.61 Å². The predicted octanol–water partition coefficient (Wildman–Crippen LogP) is 2.68. The van der Waals surface area contributed by atoms with Crippen LogP contribution in [0.15, 0.2) is 48.5 Å². The molecular formula is C20H18N2O4. The Labute approximate surface area is 151 Å². The van der Waals surface area contributed by atoms with Gasteiger partial charge >= 0.3 is 5.97 Å². The summed E-state index contributed by atoms with van der Waals surface area (Å²) in [5.74, 6) is -0.643. The molecule has 1 amide bonds. The SMILES string of the molecule is C[C@@H](OC(=O)[C@@H]1COc2ccccc2C1)C(=O)Nc1ccccc1C#N. The summed E-state index contributed by atoms with van der Waals surface area (Å²) in [5, 5.41) is 11.7. The number of hydrogen-bond acceptors (Lipinski definition) is 5. The predicted molar refractivity (Wildman–Crippen MR) is 94.5 cm³/mol. The van der Waals surface area contributed by atoms with Crippen molar-refractivity contribution in [2.45, 2.75) is 19.4 Å². The Hall–Kier alpha value is -3.33. The zero-order chi connectivity index (χ0) is 18.5. The summed E-state index contributed by atoms with van der Waals surface area (Å²) in [7, 11) is 0. The van der Waals surface area contributed by atoms with Gasteiger partial charge in [0.25, 0.3) is 5.91 Å². The summed E-state index contributed by atoms with van der Waals surface area (Å²) < 4.78 is 10.9. The van der Waals surface area contributed by atoms with Crippen molar-refractivity contribution in [1.82, 2.24) is 0 Å². The lowest BCUT2D eigenvalue weighted by atomic mass is 9.97. The molecule has 0 bridgehead atoms. The third kappa shape index (κ3) is 3.83. The number of ether oxygens (including phenoxy) is 2. The van der Waals surface area contributed by atoms with Crippen LogP contribution in [0.3, 0.4) is 0 Å². The number of nitrogens with one attached hydrogen (secondary N) is 1. The molecule has 2 aromatic carbocycles. The minimum absolute atomic E-state index is 0.224. The smallest absolute Gasteiger partial charge is 0.313 e. The number of nitriles is 1. The van der Waals surface area contributed by atoms with Gasteiger partial charge in [0.05, 0.1) is 17.2 Å². The fourth-order valence-electron chi connectivity index (χ4n) is 2.73. The third-order valence-electron chi connectivity index (χ3n) is 4.18. The van der Waals surface area contributed by atoms with Crippen LogP contribution in [0.1, 0.15) is 18.1 Å². The lowest BCUT2D eigenvalue weighted by Gasteiger charge is -2.25. The Kier molecular flexibility index (Phi) is 5.18. The van der Waals surface area contributed by atoms with Gasteiger partial charge in [-0.2, -0.15) is 5.26 Å². The zero-order valence-electron chi connectivity index (χ0n) is 14.3. The largest absolute Gasteiger partial charge is 0.492 e. The van der Waals surface area contributed by atoms with E-state index in [1.807, 2.05) is 30.3 Å². The van der Waals surface area contributed by atoms with Crippen molar-refractivity contribution in [3.05, 3.63) is 59.7 Å². The van der Waals surface area contributed by atoms with Gasteiger partial charge in [0.1, 0.15) is 18.4 Å². The number of hydrogen-bond donors (Lipinski definition) is 1. The maximum Gasteiger partial charge on any atom is 0.313 e. The monoisotopic (exact) mass is 350 g/mol. The van der Waals surface area contributed by atoms with Crippen LogP contribution in [-0.4, -0.2) is 24.6 Å². The first-order valence-electron chi connectivity index (χ1n) is 8.29. The number of carbonyl (C=O) groups is 2. The summed E-state index contributed by atoms with van der Waals surface area (Å²) >= 11 is 0. The Morgan fingerprint density at radius 2 is 1.96 bits per heavy atom. The van der Waals surface area contributed by atoms with Crippen LogP contribution < -0.4 is 10.1 Å². The molecule has 132 valence electrons. The van der Waals surface area contributed by atoms with Crippen molar-refractivity contribution in [3.8, 4) is 11.8 Å². The van der Waals surface area contributed by atoms with Crippen LogP contribution in [0.2, 0.25) is 0 Å². The number of benzene rings is 2. The normalized spacial score (nSPS) is 16.4. The fourth-order valence-corrected chi connectivity index (χ4v) is 2.73.